The van der Waals surface area contributed by atoms with E-state index in [9.17, 15) is 0 Å². The Kier molecular flexibility index (Phi) is 5.29. The Morgan fingerprint density at radius 3 is 2.63 bits per heavy atom. The molecular weight excluding hydrogens is 362 g/mol. The van der Waals surface area contributed by atoms with Gasteiger partial charge in [-0.05, 0) is 26.0 Å². The fourth-order valence-electron chi connectivity index (χ4n) is 3.42. The van der Waals surface area contributed by atoms with Gasteiger partial charge < -0.3 is 10.1 Å². The predicted molar refractivity (Wildman–Crippen MR) is 109 cm³/mol. The van der Waals surface area contributed by atoms with Crippen molar-refractivity contribution in [3.05, 3.63) is 46.6 Å². The smallest absolute Gasteiger partial charge is 0.161 e. The maximum atomic E-state index is 6.03. The van der Waals surface area contributed by atoms with Crippen molar-refractivity contribution in [1.29, 1.82) is 0 Å². The standard InChI is InChI=1S/C20H24ClN5O/c1-14-13-18(22-7-8-25-9-11-27-12-10-25)26-20(23-14)15(2)19(24-26)16-3-5-17(21)6-4-16/h3-6,13,22H,7-12H2,1-2H3. The van der Waals surface area contributed by atoms with Gasteiger partial charge in [-0.2, -0.15) is 9.61 Å². The minimum absolute atomic E-state index is 0.722. The molecule has 0 unspecified atom stereocenters. The zero-order chi connectivity index (χ0) is 18.8. The molecule has 6 nitrogen and oxygen atoms in total. The number of ether oxygens (including phenoxy) is 1. The fourth-order valence-corrected chi connectivity index (χ4v) is 3.55. The van der Waals surface area contributed by atoms with Gasteiger partial charge in [0.1, 0.15) is 5.82 Å². The maximum Gasteiger partial charge on any atom is 0.161 e. The van der Waals surface area contributed by atoms with Crippen molar-refractivity contribution >= 4 is 23.1 Å². The van der Waals surface area contributed by atoms with E-state index in [1.807, 2.05) is 41.8 Å². The molecule has 0 saturated carbocycles. The molecule has 1 saturated heterocycles. The summed E-state index contributed by atoms with van der Waals surface area (Å²) in [5.41, 5.74) is 4.90. The van der Waals surface area contributed by atoms with Gasteiger partial charge in [0.15, 0.2) is 5.65 Å². The molecule has 0 amide bonds. The lowest BCUT2D eigenvalue weighted by atomic mass is 10.1. The molecular formula is C20H24ClN5O. The number of benzene rings is 1. The van der Waals surface area contributed by atoms with Gasteiger partial charge in [0.05, 0.1) is 18.9 Å². The molecule has 7 heteroatoms. The number of rotatable bonds is 5. The minimum Gasteiger partial charge on any atom is -0.379 e. The van der Waals surface area contributed by atoms with Crippen molar-refractivity contribution in [2.75, 3.05) is 44.7 Å². The average Bonchev–Trinajstić information content (AvgIpc) is 3.00. The van der Waals surface area contributed by atoms with Gasteiger partial charge in [-0.25, -0.2) is 4.98 Å². The molecule has 3 heterocycles. The van der Waals surface area contributed by atoms with E-state index in [4.69, 9.17) is 26.4 Å². The molecule has 4 rings (SSSR count). The van der Waals surface area contributed by atoms with Gasteiger partial charge in [0.25, 0.3) is 0 Å². The summed E-state index contributed by atoms with van der Waals surface area (Å²) in [6.45, 7) is 9.55. The molecule has 1 aliphatic heterocycles. The van der Waals surface area contributed by atoms with E-state index in [0.29, 0.717) is 0 Å². The SMILES string of the molecule is Cc1cc(NCCN2CCOCC2)n2nc(-c3ccc(Cl)cc3)c(C)c2n1. The number of morpholine rings is 1. The number of fused-ring (bicyclic) bond motifs is 1. The van der Waals surface area contributed by atoms with E-state index in [2.05, 4.69) is 17.1 Å². The number of nitrogens with one attached hydrogen (secondary N) is 1. The first-order valence-corrected chi connectivity index (χ1v) is 9.66. The minimum atomic E-state index is 0.722. The molecule has 1 N–H and O–H groups in total. The summed E-state index contributed by atoms with van der Waals surface area (Å²) in [5.74, 6) is 0.967. The van der Waals surface area contributed by atoms with Gasteiger partial charge in [-0.15, -0.1) is 0 Å². The Bertz CT molecular complexity index is 932. The Hall–Kier alpha value is -2.15. The van der Waals surface area contributed by atoms with E-state index in [0.717, 1.165) is 78.4 Å². The Morgan fingerprint density at radius 2 is 1.89 bits per heavy atom. The van der Waals surface area contributed by atoms with Crippen LogP contribution in [0.25, 0.3) is 16.9 Å². The first-order chi connectivity index (χ1) is 13.1. The molecule has 3 aromatic rings. The van der Waals surface area contributed by atoms with E-state index in [1.54, 1.807) is 0 Å². The van der Waals surface area contributed by atoms with E-state index in [1.165, 1.54) is 0 Å². The van der Waals surface area contributed by atoms with Crippen LogP contribution in [0.2, 0.25) is 5.02 Å². The Labute approximate surface area is 164 Å². The largest absolute Gasteiger partial charge is 0.379 e. The van der Waals surface area contributed by atoms with E-state index < -0.39 is 0 Å². The zero-order valence-electron chi connectivity index (χ0n) is 15.7. The lowest BCUT2D eigenvalue weighted by Crippen LogP contribution is -2.39. The number of anilines is 1. The summed E-state index contributed by atoms with van der Waals surface area (Å²) in [7, 11) is 0. The maximum absolute atomic E-state index is 6.03. The molecule has 0 spiro atoms. The summed E-state index contributed by atoms with van der Waals surface area (Å²) in [4.78, 5) is 7.12. The summed E-state index contributed by atoms with van der Waals surface area (Å²) in [6.07, 6.45) is 0. The number of aryl methyl sites for hydroxylation is 2. The van der Waals surface area contributed by atoms with Gasteiger partial charge in [-0.3, -0.25) is 4.90 Å². The highest BCUT2D eigenvalue weighted by molar-refractivity contribution is 6.30. The van der Waals surface area contributed by atoms with Crippen LogP contribution in [-0.2, 0) is 4.74 Å². The molecule has 0 radical (unpaired) electrons. The fraction of sp³-hybridized carbons (Fsp3) is 0.400. The van der Waals surface area contributed by atoms with Crippen molar-refractivity contribution in [1.82, 2.24) is 19.5 Å². The summed E-state index contributed by atoms with van der Waals surface area (Å²) < 4.78 is 7.32. The lowest BCUT2D eigenvalue weighted by Gasteiger charge is -2.26. The molecule has 1 aromatic carbocycles. The van der Waals surface area contributed by atoms with Crippen LogP contribution in [0.4, 0.5) is 5.82 Å². The number of halogens is 1. The quantitative estimate of drug-likeness (QED) is 0.729. The number of aromatic nitrogens is 3. The molecule has 2 aromatic heterocycles. The summed E-state index contributed by atoms with van der Waals surface area (Å²) in [6, 6.07) is 9.82. The van der Waals surface area contributed by atoms with Crippen LogP contribution in [0.3, 0.4) is 0 Å². The molecule has 142 valence electrons. The van der Waals surface area contributed by atoms with E-state index in [-0.39, 0.29) is 0 Å². The van der Waals surface area contributed by atoms with Crippen LogP contribution in [-0.4, -0.2) is 58.9 Å². The van der Waals surface area contributed by atoms with Crippen LogP contribution in [0.15, 0.2) is 30.3 Å². The molecule has 0 aliphatic carbocycles. The molecule has 0 bridgehead atoms. The van der Waals surface area contributed by atoms with Gasteiger partial charge in [0.2, 0.25) is 0 Å². The number of hydrogen-bond donors (Lipinski definition) is 1. The van der Waals surface area contributed by atoms with Gasteiger partial charge in [0, 0.05) is 54.1 Å². The molecule has 1 fully saturated rings. The monoisotopic (exact) mass is 385 g/mol. The summed E-state index contributed by atoms with van der Waals surface area (Å²) in [5, 5.41) is 9.09. The van der Waals surface area contributed by atoms with Crippen molar-refractivity contribution in [3.63, 3.8) is 0 Å². The average molecular weight is 386 g/mol. The van der Waals surface area contributed by atoms with Crippen LogP contribution in [0.5, 0.6) is 0 Å². The topological polar surface area (TPSA) is 54.7 Å². The third-order valence-electron chi connectivity index (χ3n) is 4.90. The van der Waals surface area contributed by atoms with Crippen molar-refractivity contribution in [2.24, 2.45) is 0 Å². The van der Waals surface area contributed by atoms with Gasteiger partial charge >= 0.3 is 0 Å². The third-order valence-corrected chi connectivity index (χ3v) is 5.15. The number of nitrogens with zero attached hydrogens (tertiary/aromatic N) is 4. The van der Waals surface area contributed by atoms with Gasteiger partial charge in [-0.1, -0.05) is 23.7 Å². The third kappa shape index (κ3) is 3.93. The first-order valence-electron chi connectivity index (χ1n) is 9.29. The van der Waals surface area contributed by atoms with Crippen LogP contribution in [0.1, 0.15) is 11.3 Å². The highest BCUT2D eigenvalue weighted by Crippen LogP contribution is 2.27. The van der Waals surface area contributed by atoms with Crippen molar-refractivity contribution < 1.29 is 4.74 Å². The summed E-state index contributed by atoms with van der Waals surface area (Å²) >= 11 is 6.03. The van der Waals surface area contributed by atoms with Crippen LogP contribution in [0, 0.1) is 13.8 Å². The van der Waals surface area contributed by atoms with Crippen molar-refractivity contribution in [3.8, 4) is 11.3 Å². The Balaban J connectivity index is 1.60. The van der Waals surface area contributed by atoms with Crippen LogP contribution < -0.4 is 5.32 Å². The highest BCUT2D eigenvalue weighted by atomic mass is 35.5. The normalized spacial score (nSPS) is 15.4. The predicted octanol–water partition coefficient (Wildman–Crippen LogP) is 3.41. The second-order valence-electron chi connectivity index (χ2n) is 6.88. The highest BCUT2D eigenvalue weighted by Gasteiger charge is 2.15. The molecule has 1 aliphatic rings. The second-order valence-corrected chi connectivity index (χ2v) is 7.32. The van der Waals surface area contributed by atoms with Crippen LogP contribution >= 0.6 is 11.6 Å². The van der Waals surface area contributed by atoms with E-state index >= 15 is 0 Å². The molecule has 27 heavy (non-hydrogen) atoms. The lowest BCUT2D eigenvalue weighted by molar-refractivity contribution is 0.0398. The number of hydrogen-bond acceptors (Lipinski definition) is 5. The zero-order valence-corrected chi connectivity index (χ0v) is 16.5. The van der Waals surface area contributed by atoms with Crippen molar-refractivity contribution in [2.45, 2.75) is 13.8 Å². The molecule has 0 atom stereocenters. The first kappa shape index (κ1) is 18.2. The Morgan fingerprint density at radius 1 is 1.15 bits per heavy atom. The second kappa shape index (κ2) is 7.84.